The van der Waals surface area contributed by atoms with E-state index in [2.05, 4.69) is 0 Å². The molecule has 0 aliphatic rings. The van der Waals surface area contributed by atoms with E-state index in [9.17, 15) is 13.5 Å². The van der Waals surface area contributed by atoms with Gasteiger partial charge in [0.1, 0.15) is 0 Å². The summed E-state index contributed by atoms with van der Waals surface area (Å²) < 4.78 is 22.2. The number of sulfonamides is 1. The lowest BCUT2D eigenvalue weighted by molar-refractivity contribution is 0.0777. The molecule has 0 atom stereocenters. The first-order valence-corrected chi connectivity index (χ1v) is 6.03. The summed E-state index contributed by atoms with van der Waals surface area (Å²) in [6.07, 6.45) is 0. The second-order valence-electron chi connectivity index (χ2n) is 4.08. The van der Waals surface area contributed by atoms with E-state index in [0.717, 1.165) is 5.56 Å². The maximum absolute atomic E-state index is 11.1. The van der Waals surface area contributed by atoms with Gasteiger partial charge < -0.3 is 5.11 Å². The molecule has 0 bridgehead atoms. The van der Waals surface area contributed by atoms with Gasteiger partial charge in [0.2, 0.25) is 10.0 Å². The Morgan fingerprint density at radius 3 is 2.27 bits per heavy atom. The Kier molecular flexibility index (Phi) is 2.91. The standard InChI is InChI=1S/C10H15NO3S/c1-7-4-5-8(15(11,13)14)6-9(7)10(2,3)12/h4-6,12H,1-3H3,(H2,11,13,14). The minimum atomic E-state index is -3.71. The fraction of sp³-hybridized carbons (Fsp3) is 0.400. The number of primary sulfonamides is 1. The molecule has 15 heavy (non-hydrogen) atoms. The van der Waals surface area contributed by atoms with Crippen LogP contribution in [0.3, 0.4) is 0 Å². The van der Waals surface area contributed by atoms with Crippen LogP contribution >= 0.6 is 0 Å². The summed E-state index contributed by atoms with van der Waals surface area (Å²) in [5.74, 6) is 0. The molecule has 0 radical (unpaired) electrons. The van der Waals surface area contributed by atoms with Gasteiger partial charge in [-0.1, -0.05) is 6.07 Å². The first kappa shape index (κ1) is 12.2. The van der Waals surface area contributed by atoms with Crippen LogP contribution in [0.1, 0.15) is 25.0 Å². The second kappa shape index (κ2) is 3.59. The molecule has 0 aliphatic heterocycles. The molecule has 0 spiro atoms. The highest BCUT2D eigenvalue weighted by Crippen LogP contribution is 2.25. The summed E-state index contributed by atoms with van der Waals surface area (Å²) in [6.45, 7) is 5.00. The van der Waals surface area contributed by atoms with Crippen molar-refractivity contribution in [3.8, 4) is 0 Å². The van der Waals surface area contributed by atoms with Gasteiger partial charge in [0.15, 0.2) is 0 Å². The SMILES string of the molecule is Cc1ccc(S(N)(=O)=O)cc1C(C)(C)O. The Morgan fingerprint density at radius 1 is 1.33 bits per heavy atom. The summed E-state index contributed by atoms with van der Waals surface area (Å²) >= 11 is 0. The van der Waals surface area contributed by atoms with Crippen molar-refractivity contribution in [1.29, 1.82) is 0 Å². The Morgan fingerprint density at radius 2 is 1.87 bits per heavy atom. The number of hydrogen-bond donors (Lipinski definition) is 2. The van der Waals surface area contributed by atoms with Crippen molar-refractivity contribution in [3.05, 3.63) is 29.3 Å². The summed E-state index contributed by atoms with van der Waals surface area (Å²) in [5, 5.41) is 14.8. The highest BCUT2D eigenvalue weighted by molar-refractivity contribution is 7.89. The zero-order valence-corrected chi connectivity index (χ0v) is 9.80. The first-order chi connectivity index (χ1) is 6.62. The molecule has 0 unspecified atom stereocenters. The maximum Gasteiger partial charge on any atom is 0.238 e. The minimum Gasteiger partial charge on any atom is -0.386 e. The highest BCUT2D eigenvalue weighted by atomic mass is 32.2. The average Bonchev–Trinajstić information content (AvgIpc) is 2.00. The Labute approximate surface area is 89.8 Å². The molecular formula is C10H15NO3S. The maximum atomic E-state index is 11.1. The first-order valence-electron chi connectivity index (χ1n) is 4.48. The molecule has 4 nitrogen and oxygen atoms in total. The summed E-state index contributed by atoms with van der Waals surface area (Å²) in [6, 6.07) is 4.47. The quantitative estimate of drug-likeness (QED) is 0.789. The van der Waals surface area contributed by atoms with E-state index in [0.29, 0.717) is 5.56 Å². The summed E-state index contributed by atoms with van der Waals surface area (Å²) in [4.78, 5) is 0.0187. The Hall–Kier alpha value is -0.910. The number of aliphatic hydroxyl groups is 1. The van der Waals surface area contributed by atoms with E-state index in [1.54, 1.807) is 26.8 Å². The van der Waals surface area contributed by atoms with Crippen LogP contribution in [0, 0.1) is 6.92 Å². The van der Waals surface area contributed by atoms with E-state index in [1.165, 1.54) is 12.1 Å². The van der Waals surface area contributed by atoms with E-state index < -0.39 is 15.6 Å². The van der Waals surface area contributed by atoms with Crippen LogP contribution in [0.15, 0.2) is 23.1 Å². The van der Waals surface area contributed by atoms with E-state index in [1.807, 2.05) is 0 Å². The van der Waals surface area contributed by atoms with Gasteiger partial charge in [-0.15, -0.1) is 0 Å². The molecule has 0 saturated carbocycles. The lowest BCUT2D eigenvalue weighted by atomic mass is 9.94. The fourth-order valence-electron chi connectivity index (χ4n) is 1.44. The second-order valence-corrected chi connectivity index (χ2v) is 5.64. The third kappa shape index (κ3) is 2.77. The Balaban J connectivity index is 3.43. The fourth-order valence-corrected chi connectivity index (χ4v) is 1.98. The highest BCUT2D eigenvalue weighted by Gasteiger charge is 2.20. The van der Waals surface area contributed by atoms with Crippen molar-refractivity contribution in [1.82, 2.24) is 0 Å². The monoisotopic (exact) mass is 229 g/mol. The van der Waals surface area contributed by atoms with E-state index >= 15 is 0 Å². The van der Waals surface area contributed by atoms with Gasteiger partial charge in [0.05, 0.1) is 10.5 Å². The molecule has 0 saturated heterocycles. The molecule has 1 aromatic carbocycles. The van der Waals surface area contributed by atoms with Crippen LogP contribution < -0.4 is 5.14 Å². The summed E-state index contributed by atoms with van der Waals surface area (Å²) in [7, 11) is -3.71. The van der Waals surface area contributed by atoms with Gasteiger partial charge in [-0.05, 0) is 44.0 Å². The molecule has 0 heterocycles. The smallest absolute Gasteiger partial charge is 0.238 e. The minimum absolute atomic E-state index is 0.0187. The van der Waals surface area contributed by atoms with Crippen LogP contribution in [0.4, 0.5) is 0 Å². The van der Waals surface area contributed by atoms with Crippen molar-refractivity contribution in [2.24, 2.45) is 5.14 Å². The number of nitrogens with two attached hydrogens (primary N) is 1. The molecule has 0 aliphatic carbocycles. The van der Waals surface area contributed by atoms with Crippen molar-refractivity contribution < 1.29 is 13.5 Å². The molecule has 84 valence electrons. The van der Waals surface area contributed by atoms with Crippen LogP contribution in [0.25, 0.3) is 0 Å². The van der Waals surface area contributed by atoms with Crippen LogP contribution in [-0.2, 0) is 15.6 Å². The molecule has 0 amide bonds. The molecule has 3 N–H and O–H groups in total. The van der Waals surface area contributed by atoms with Gasteiger partial charge in [0, 0.05) is 0 Å². The number of aryl methyl sites for hydroxylation is 1. The number of benzene rings is 1. The largest absolute Gasteiger partial charge is 0.386 e. The molecule has 5 heteroatoms. The molecule has 0 fully saturated rings. The zero-order chi connectivity index (χ0) is 11.9. The summed E-state index contributed by atoms with van der Waals surface area (Å²) in [5.41, 5.74) is 0.314. The van der Waals surface area contributed by atoms with Crippen molar-refractivity contribution in [2.75, 3.05) is 0 Å². The third-order valence-corrected chi connectivity index (χ3v) is 3.11. The van der Waals surface area contributed by atoms with E-state index in [-0.39, 0.29) is 4.90 Å². The molecule has 1 aromatic rings. The van der Waals surface area contributed by atoms with Crippen molar-refractivity contribution in [3.63, 3.8) is 0 Å². The van der Waals surface area contributed by atoms with Gasteiger partial charge in [-0.25, -0.2) is 13.6 Å². The lowest BCUT2D eigenvalue weighted by Crippen LogP contribution is -2.19. The van der Waals surface area contributed by atoms with Gasteiger partial charge >= 0.3 is 0 Å². The zero-order valence-electron chi connectivity index (χ0n) is 8.98. The van der Waals surface area contributed by atoms with Crippen LogP contribution in [0.5, 0.6) is 0 Å². The molecule has 0 aromatic heterocycles. The number of hydrogen-bond acceptors (Lipinski definition) is 3. The third-order valence-electron chi connectivity index (χ3n) is 2.20. The number of rotatable bonds is 2. The van der Waals surface area contributed by atoms with Crippen molar-refractivity contribution in [2.45, 2.75) is 31.3 Å². The molecular weight excluding hydrogens is 214 g/mol. The Bertz CT molecular complexity index is 472. The van der Waals surface area contributed by atoms with Gasteiger partial charge in [-0.3, -0.25) is 0 Å². The topological polar surface area (TPSA) is 80.4 Å². The molecule has 1 rings (SSSR count). The van der Waals surface area contributed by atoms with Gasteiger partial charge in [-0.2, -0.15) is 0 Å². The predicted molar refractivity (Wildman–Crippen MR) is 57.8 cm³/mol. The van der Waals surface area contributed by atoms with E-state index in [4.69, 9.17) is 5.14 Å². The normalized spacial score (nSPS) is 12.9. The lowest BCUT2D eigenvalue weighted by Gasteiger charge is -2.20. The van der Waals surface area contributed by atoms with Gasteiger partial charge in [0.25, 0.3) is 0 Å². The van der Waals surface area contributed by atoms with Crippen LogP contribution in [0.2, 0.25) is 0 Å². The van der Waals surface area contributed by atoms with Crippen LogP contribution in [-0.4, -0.2) is 13.5 Å². The predicted octanol–water partition coefficient (Wildman–Crippen LogP) is 0.870. The van der Waals surface area contributed by atoms with Crippen molar-refractivity contribution >= 4 is 10.0 Å². The average molecular weight is 229 g/mol.